The molecule has 1 unspecified atom stereocenters. The van der Waals surface area contributed by atoms with Gasteiger partial charge in [0.05, 0.1) is 5.02 Å². The van der Waals surface area contributed by atoms with Crippen LogP contribution in [0.1, 0.15) is 23.4 Å². The minimum absolute atomic E-state index is 0.163. The Kier molecular flexibility index (Phi) is 4.93. The highest BCUT2D eigenvalue weighted by Crippen LogP contribution is 2.27. The van der Waals surface area contributed by atoms with Gasteiger partial charge in [-0.1, -0.05) is 40.9 Å². The largest absolute Gasteiger partial charge is 0.305 e. The van der Waals surface area contributed by atoms with Crippen LogP contribution in [0.3, 0.4) is 0 Å². The molecule has 1 aromatic carbocycles. The molecule has 0 saturated heterocycles. The maximum Gasteiger partial charge on any atom is 0.0516 e. The lowest BCUT2D eigenvalue weighted by Gasteiger charge is -2.15. The summed E-state index contributed by atoms with van der Waals surface area (Å²) in [5, 5.41) is 7.47. The van der Waals surface area contributed by atoms with Crippen LogP contribution < -0.4 is 5.32 Å². The average molecular weight is 321 g/mol. The van der Waals surface area contributed by atoms with E-state index in [1.165, 1.54) is 4.88 Å². The number of benzene rings is 1. The first-order valence-electron chi connectivity index (χ1n) is 5.47. The predicted molar refractivity (Wildman–Crippen MR) is 81.0 cm³/mol. The van der Waals surface area contributed by atoms with Crippen LogP contribution in [0.2, 0.25) is 15.1 Å². The summed E-state index contributed by atoms with van der Waals surface area (Å²) in [4.78, 5) is 1.21. The number of halogens is 3. The van der Waals surface area contributed by atoms with E-state index in [0.717, 1.165) is 17.1 Å². The molecule has 2 aromatic rings. The molecular weight excluding hydrogens is 309 g/mol. The topological polar surface area (TPSA) is 12.0 Å². The van der Waals surface area contributed by atoms with Crippen molar-refractivity contribution in [1.29, 1.82) is 0 Å². The molecular formula is C13H12Cl3NS. The number of hydrogen-bond acceptors (Lipinski definition) is 2. The van der Waals surface area contributed by atoms with Crippen LogP contribution in [0, 0.1) is 0 Å². The van der Waals surface area contributed by atoms with E-state index in [9.17, 15) is 0 Å². The van der Waals surface area contributed by atoms with Crippen LogP contribution >= 0.6 is 46.1 Å². The van der Waals surface area contributed by atoms with Gasteiger partial charge in [0.25, 0.3) is 0 Å². The van der Waals surface area contributed by atoms with Crippen LogP contribution in [-0.4, -0.2) is 0 Å². The quantitative estimate of drug-likeness (QED) is 0.777. The van der Waals surface area contributed by atoms with Crippen LogP contribution in [0.5, 0.6) is 0 Å². The van der Waals surface area contributed by atoms with Gasteiger partial charge >= 0.3 is 0 Å². The van der Waals surface area contributed by atoms with E-state index in [2.05, 4.69) is 12.2 Å². The molecule has 1 N–H and O–H groups in total. The van der Waals surface area contributed by atoms with Gasteiger partial charge < -0.3 is 5.32 Å². The molecule has 0 radical (unpaired) electrons. The van der Waals surface area contributed by atoms with E-state index < -0.39 is 0 Å². The number of rotatable bonds is 4. The molecule has 0 aliphatic heterocycles. The van der Waals surface area contributed by atoms with Crippen LogP contribution in [0.4, 0.5) is 0 Å². The number of nitrogens with one attached hydrogen (secondary N) is 1. The van der Waals surface area contributed by atoms with Crippen molar-refractivity contribution >= 4 is 46.1 Å². The summed E-state index contributed by atoms with van der Waals surface area (Å²) in [5.41, 5.74) is 1.05. The van der Waals surface area contributed by atoms with Crippen molar-refractivity contribution in [2.75, 3.05) is 0 Å². The molecule has 0 bridgehead atoms. The van der Waals surface area contributed by atoms with Crippen molar-refractivity contribution in [2.24, 2.45) is 0 Å². The van der Waals surface area contributed by atoms with E-state index in [1.54, 1.807) is 17.4 Å². The Bertz CT molecular complexity index is 539. The van der Waals surface area contributed by atoms with E-state index in [1.807, 2.05) is 23.6 Å². The lowest BCUT2D eigenvalue weighted by molar-refractivity contribution is 0.579. The van der Waals surface area contributed by atoms with Gasteiger partial charge in [-0.15, -0.1) is 11.3 Å². The molecule has 96 valence electrons. The molecule has 0 spiro atoms. The van der Waals surface area contributed by atoms with Gasteiger partial charge in [-0.2, -0.15) is 0 Å². The maximum absolute atomic E-state index is 6.17. The van der Waals surface area contributed by atoms with Gasteiger partial charge in [-0.3, -0.25) is 0 Å². The summed E-state index contributed by atoms with van der Waals surface area (Å²) < 4.78 is 0. The van der Waals surface area contributed by atoms with Gasteiger partial charge in [0.15, 0.2) is 0 Å². The normalized spacial score (nSPS) is 12.7. The molecule has 5 heteroatoms. The predicted octanol–water partition coefficient (Wildman–Crippen LogP) is 5.56. The van der Waals surface area contributed by atoms with Crippen LogP contribution in [0.25, 0.3) is 0 Å². The fraction of sp³-hybridized carbons (Fsp3) is 0.231. The molecule has 0 fully saturated rings. The summed E-state index contributed by atoms with van der Waals surface area (Å²) in [6.07, 6.45) is 0. The van der Waals surface area contributed by atoms with E-state index >= 15 is 0 Å². The summed E-state index contributed by atoms with van der Waals surface area (Å²) in [7, 11) is 0. The Labute approximate surface area is 126 Å². The monoisotopic (exact) mass is 319 g/mol. The first-order valence-corrected chi connectivity index (χ1v) is 7.49. The van der Waals surface area contributed by atoms with Gasteiger partial charge in [-0.05, 0) is 30.7 Å². The highest BCUT2D eigenvalue weighted by molar-refractivity contribution is 7.10. The minimum Gasteiger partial charge on any atom is -0.305 e. The molecule has 1 heterocycles. The summed E-state index contributed by atoms with van der Waals surface area (Å²) in [6, 6.07) is 7.69. The Morgan fingerprint density at radius 3 is 2.56 bits per heavy atom. The molecule has 0 amide bonds. The fourth-order valence-corrected chi connectivity index (χ4v) is 3.26. The standard InChI is InChI=1S/C13H12Cl3NS/c1-8(12-3-2-9(14)5-13(12)16)17-6-11-4-10(15)7-18-11/h2-5,7-8,17H,6H2,1H3. The summed E-state index contributed by atoms with van der Waals surface area (Å²) in [6.45, 7) is 2.85. The Balaban J connectivity index is 2.01. The SMILES string of the molecule is CC(NCc1cc(Cl)cs1)c1ccc(Cl)cc1Cl. The number of thiophene rings is 1. The van der Waals surface area contributed by atoms with Gasteiger partial charge in [0.2, 0.25) is 0 Å². The molecule has 0 aliphatic carbocycles. The maximum atomic E-state index is 6.17. The zero-order chi connectivity index (χ0) is 13.1. The van der Waals surface area contributed by atoms with Crippen LogP contribution in [0.15, 0.2) is 29.6 Å². The van der Waals surface area contributed by atoms with Gasteiger partial charge in [-0.25, -0.2) is 0 Å². The third kappa shape index (κ3) is 3.62. The van der Waals surface area contributed by atoms with Crippen LogP contribution in [-0.2, 0) is 6.54 Å². The zero-order valence-corrected chi connectivity index (χ0v) is 12.8. The minimum atomic E-state index is 0.163. The molecule has 1 aromatic heterocycles. The zero-order valence-electron chi connectivity index (χ0n) is 9.71. The number of hydrogen-bond donors (Lipinski definition) is 1. The third-order valence-corrected chi connectivity index (χ3v) is 4.48. The van der Waals surface area contributed by atoms with Gasteiger partial charge in [0.1, 0.15) is 0 Å². The molecule has 18 heavy (non-hydrogen) atoms. The fourth-order valence-electron chi connectivity index (χ4n) is 1.66. The van der Waals surface area contributed by atoms with Crippen molar-refractivity contribution in [3.05, 3.63) is 55.2 Å². The molecule has 1 atom stereocenters. The Hall–Kier alpha value is -0.250. The van der Waals surface area contributed by atoms with Crippen molar-refractivity contribution in [2.45, 2.75) is 19.5 Å². The molecule has 0 saturated carbocycles. The first kappa shape index (κ1) is 14.2. The van der Waals surface area contributed by atoms with E-state index in [0.29, 0.717) is 10.0 Å². The second-order valence-electron chi connectivity index (χ2n) is 4.00. The lowest BCUT2D eigenvalue weighted by Crippen LogP contribution is -2.17. The highest BCUT2D eigenvalue weighted by atomic mass is 35.5. The van der Waals surface area contributed by atoms with Crippen molar-refractivity contribution in [3.63, 3.8) is 0 Å². The molecule has 2 rings (SSSR count). The lowest BCUT2D eigenvalue weighted by atomic mass is 10.1. The molecule has 0 aliphatic rings. The first-order chi connectivity index (χ1) is 8.56. The second kappa shape index (κ2) is 6.27. The van der Waals surface area contributed by atoms with E-state index in [4.69, 9.17) is 34.8 Å². The van der Waals surface area contributed by atoms with Crippen molar-refractivity contribution < 1.29 is 0 Å². The summed E-state index contributed by atoms with van der Waals surface area (Å²) in [5.74, 6) is 0. The van der Waals surface area contributed by atoms with Crippen molar-refractivity contribution in [3.8, 4) is 0 Å². The van der Waals surface area contributed by atoms with Crippen molar-refractivity contribution in [1.82, 2.24) is 5.32 Å². The summed E-state index contributed by atoms with van der Waals surface area (Å²) >= 11 is 19.6. The average Bonchev–Trinajstić information content (AvgIpc) is 2.72. The third-order valence-electron chi connectivity index (χ3n) is 2.63. The smallest absolute Gasteiger partial charge is 0.0516 e. The highest BCUT2D eigenvalue weighted by Gasteiger charge is 2.10. The van der Waals surface area contributed by atoms with Gasteiger partial charge in [0, 0.05) is 32.9 Å². The second-order valence-corrected chi connectivity index (χ2v) is 6.28. The van der Waals surface area contributed by atoms with E-state index in [-0.39, 0.29) is 6.04 Å². The Morgan fingerprint density at radius 1 is 1.17 bits per heavy atom. The Morgan fingerprint density at radius 2 is 1.94 bits per heavy atom. The molecule has 1 nitrogen and oxygen atoms in total.